The van der Waals surface area contributed by atoms with Gasteiger partial charge in [-0.2, -0.15) is 0 Å². The van der Waals surface area contributed by atoms with Gasteiger partial charge in [0.2, 0.25) is 0 Å². The lowest BCUT2D eigenvalue weighted by atomic mass is 10.1. The van der Waals surface area contributed by atoms with Crippen LogP contribution in [-0.4, -0.2) is 37.2 Å². The van der Waals surface area contributed by atoms with Gasteiger partial charge in [0.1, 0.15) is 13.2 Å². The van der Waals surface area contributed by atoms with Crippen molar-refractivity contribution < 1.29 is 28.6 Å². The third-order valence-electron chi connectivity index (χ3n) is 9.29. The molecule has 6 heteroatoms. The van der Waals surface area contributed by atoms with Crippen molar-refractivity contribution in [3.63, 3.8) is 0 Å². The summed E-state index contributed by atoms with van der Waals surface area (Å²) < 4.78 is 16.6. The summed E-state index contributed by atoms with van der Waals surface area (Å²) in [5, 5.41) is 0. The number of rotatable bonds is 40. The molecule has 6 nitrogen and oxygen atoms in total. The molecule has 0 spiro atoms. The van der Waals surface area contributed by atoms with Crippen LogP contribution < -0.4 is 0 Å². The molecule has 0 aromatic rings. The Bertz CT molecular complexity index is 1260. The average molecular weight is 817 g/mol. The van der Waals surface area contributed by atoms with Crippen LogP contribution in [0.1, 0.15) is 188 Å². The molecule has 0 rings (SSSR count). The highest BCUT2D eigenvalue weighted by Gasteiger charge is 2.19. The first-order chi connectivity index (χ1) is 29.0. The van der Waals surface area contributed by atoms with Gasteiger partial charge in [0, 0.05) is 19.3 Å². The topological polar surface area (TPSA) is 78.9 Å². The van der Waals surface area contributed by atoms with E-state index in [1.807, 2.05) is 0 Å². The molecule has 0 heterocycles. The number of hydrogen-bond acceptors (Lipinski definition) is 6. The van der Waals surface area contributed by atoms with E-state index in [-0.39, 0.29) is 37.5 Å². The monoisotopic (exact) mass is 817 g/mol. The van der Waals surface area contributed by atoms with Crippen molar-refractivity contribution >= 4 is 17.9 Å². The Hall–Kier alpha value is -3.93. The molecule has 1 unspecified atom stereocenters. The van der Waals surface area contributed by atoms with Crippen molar-refractivity contribution in [3.05, 3.63) is 109 Å². The van der Waals surface area contributed by atoms with Gasteiger partial charge in [-0.1, -0.05) is 175 Å². The van der Waals surface area contributed by atoms with Gasteiger partial charge >= 0.3 is 17.9 Å². The smallest absolute Gasteiger partial charge is 0.306 e. The molecule has 0 amide bonds. The second kappa shape index (κ2) is 46.8. The summed E-state index contributed by atoms with van der Waals surface area (Å²) in [7, 11) is 0. The zero-order chi connectivity index (χ0) is 43.0. The lowest BCUT2D eigenvalue weighted by Crippen LogP contribution is -2.30. The molecule has 0 aliphatic carbocycles. The van der Waals surface area contributed by atoms with Crippen LogP contribution in [0.2, 0.25) is 0 Å². The van der Waals surface area contributed by atoms with Crippen molar-refractivity contribution in [1.29, 1.82) is 0 Å². The Balaban J connectivity index is 4.49. The Morgan fingerprint density at radius 2 is 0.712 bits per heavy atom. The summed E-state index contributed by atoms with van der Waals surface area (Å²) in [6.07, 6.45) is 62.2. The number of hydrogen-bond donors (Lipinski definition) is 0. The summed E-state index contributed by atoms with van der Waals surface area (Å²) in [5.41, 5.74) is 0. The van der Waals surface area contributed by atoms with E-state index in [9.17, 15) is 14.4 Å². The van der Waals surface area contributed by atoms with E-state index < -0.39 is 6.10 Å². The Kier molecular flexibility index (Phi) is 43.6. The molecule has 0 saturated heterocycles. The fourth-order valence-corrected chi connectivity index (χ4v) is 5.71. The van der Waals surface area contributed by atoms with Gasteiger partial charge < -0.3 is 14.2 Å². The second-order valence-corrected chi connectivity index (χ2v) is 15.0. The van der Waals surface area contributed by atoms with E-state index in [2.05, 4.69) is 130 Å². The predicted octanol–water partition coefficient (Wildman–Crippen LogP) is 15.2. The highest BCUT2D eigenvalue weighted by Crippen LogP contribution is 2.11. The lowest BCUT2D eigenvalue weighted by molar-refractivity contribution is -0.167. The van der Waals surface area contributed by atoms with Crippen molar-refractivity contribution in [3.8, 4) is 0 Å². The fraction of sp³-hybridized carbons (Fsp3) is 0.604. The van der Waals surface area contributed by atoms with Gasteiger partial charge in [-0.25, -0.2) is 0 Å². The summed E-state index contributed by atoms with van der Waals surface area (Å²) >= 11 is 0. The van der Waals surface area contributed by atoms with E-state index in [1.54, 1.807) is 0 Å². The van der Waals surface area contributed by atoms with Crippen LogP contribution in [0.25, 0.3) is 0 Å². The van der Waals surface area contributed by atoms with E-state index in [0.29, 0.717) is 12.8 Å². The SMILES string of the molecule is CC/C=C\C/C=C\C/C=C\C/C=C\C/C=C\CCCCCC(=O)OCC(COC(=O)CCCCC/C=C\C=C/CCCC)OC(=O)CCCCC/C=C\C=C/CCCC. The average Bonchev–Trinajstić information content (AvgIpc) is 3.23. The standard InChI is InChI=1S/C53H84O6/c1-4-7-10-13-16-19-22-23-24-25-26-27-28-29-32-34-37-40-43-46-52(55)58-49-50(59-53(56)47-44-41-38-35-31-21-18-15-12-9-6-3)48-57-51(54)45-42-39-36-33-30-20-17-14-11-8-5-2/h7,10,14-21,23-24,26-27,29-32,50H,4-6,8-9,11-13,22,25,28,33-49H2,1-3H3/b10-7-,17-14-,18-15-,19-16-,24-23-,27-26-,30-20-,31-21-,32-29-. The molecule has 0 N–H and O–H groups in total. The molecule has 1 atom stereocenters. The van der Waals surface area contributed by atoms with E-state index >= 15 is 0 Å². The van der Waals surface area contributed by atoms with Gasteiger partial charge in [-0.3, -0.25) is 14.4 Å². The summed E-state index contributed by atoms with van der Waals surface area (Å²) in [4.78, 5) is 37.7. The van der Waals surface area contributed by atoms with E-state index in [0.717, 1.165) is 122 Å². The predicted molar refractivity (Wildman–Crippen MR) is 251 cm³/mol. The molecule has 0 saturated carbocycles. The van der Waals surface area contributed by atoms with Gasteiger partial charge in [-0.05, 0) is 103 Å². The Labute approximate surface area is 361 Å². The van der Waals surface area contributed by atoms with Gasteiger partial charge in [0.25, 0.3) is 0 Å². The van der Waals surface area contributed by atoms with Crippen molar-refractivity contribution in [2.24, 2.45) is 0 Å². The minimum Gasteiger partial charge on any atom is -0.462 e. The third kappa shape index (κ3) is 45.0. The first kappa shape index (κ1) is 55.1. The zero-order valence-electron chi connectivity index (χ0n) is 37.7. The van der Waals surface area contributed by atoms with Crippen LogP contribution in [0.5, 0.6) is 0 Å². The number of carbonyl (C=O) groups excluding carboxylic acids is 3. The minimum absolute atomic E-state index is 0.116. The molecular weight excluding hydrogens is 733 g/mol. The van der Waals surface area contributed by atoms with Gasteiger partial charge in [0.05, 0.1) is 0 Å². The van der Waals surface area contributed by atoms with Crippen molar-refractivity contribution in [2.45, 2.75) is 194 Å². The molecule has 0 bridgehead atoms. The first-order valence-corrected chi connectivity index (χ1v) is 23.4. The normalized spacial score (nSPS) is 13.1. The summed E-state index contributed by atoms with van der Waals surface area (Å²) in [6, 6.07) is 0. The molecular formula is C53H84O6. The van der Waals surface area contributed by atoms with Crippen molar-refractivity contribution in [1.82, 2.24) is 0 Å². The number of carbonyl (C=O) groups is 3. The fourth-order valence-electron chi connectivity index (χ4n) is 5.71. The molecule has 0 aromatic heterocycles. The largest absolute Gasteiger partial charge is 0.462 e. The highest BCUT2D eigenvalue weighted by molar-refractivity contribution is 5.71. The number of esters is 3. The summed E-state index contributed by atoms with van der Waals surface area (Å²) in [6.45, 7) is 6.31. The van der Waals surface area contributed by atoms with Gasteiger partial charge in [0.15, 0.2) is 6.10 Å². The van der Waals surface area contributed by atoms with Crippen molar-refractivity contribution in [2.75, 3.05) is 13.2 Å². The lowest BCUT2D eigenvalue weighted by Gasteiger charge is -2.18. The highest BCUT2D eigenvalue weighted by atomic mass is 16.6. The molecule has 0 fully saturated rings. The maximum absolute atomic E-state index is 12.7. The quantitative estimate of drug-likeness (QED) is 0.0201. The van der Waals surface area contributed by atoms with Crippen LogP contribution in [0, 0.1) is 0 Å². The third-order valence-corrected chi connectivity index (χ3v) is 9.29. The van der Waals surface area contributed by atoms with Crippen LogP contribution in [0.3, 0.4) is 0 Å². The summed E-state index contributed by atoms with van der Waals surface area (Å²) in [5.74, 6) is -1.02. The van der Waals surface area contributed by atoms with E-state index in [1.165, 1.54) is 25.7 Å². The molecule has 332 valence electrons. The number of ether oxygens (including phenoxy) is 3. The molecule has 0 aliphatic heterocycles. The molecule has 0 radical (unpaired) electrons. The first-order valence-electron chi connectivity index (χ1n) is 23.4. The van der Waals surface area contributed by atoms with Crippen LogP contribution >= 0.6 is 0 Å². The zero-order valence-corrected chi connectivity index (χ0v) is 37.7. The number of unbranched alkanes of at least 4 members (excludes halogenated alkanes) is 13. The van der Waals surface area contributed by atoms with Gasteiger partial charge in [-0.15, -0.1) is 0 Å². The maximum atomic E-state index is 12.7. The molecule has 0 aromatic carbocycles. The number of allylic oxidation sites excluding steroid dienone is 18. The minimum atomic E-state index is -0.816. The van der Waals surface area contributed by atoms with Crippen LogP contribution in [0.4, 0.5) is 0 Å². The van der Waals surface area contributed by atoms with E-state index in [4.69, 9.17) is 14.2 Å². The Morgan fingerprint density at radius 3 is 1.10 bits per heavy atom. The maximum Gasteiger partial charge on any atom is 0.306 e. The second-order valence-electron chi connectivity index (χ2n) is 15.0. The van der Waals surface area contributed by atoms with Crippen LogP contribution in [-0.2, 0) is 28.6 Å². The molecule has 0 aliphatic rings. The molecule has 59 heavy (non-hydrogen) atoms. The Morgan fingerprint density at radius 1 is 0.373 bits per heavy atom. The van der Waals surface area contributed by atoms with Crippen LogP contribution in [0.15, 0.2) is 109 Å².